The Balaban J connectivity index is 1.74. The number of ether oxygens (including phenoxy) is 1. The van der Waals surface area contributed by atoms with Crippen molar-refractivity contribution in [1.29, 1.82) is 0 Å². The van der Waals surface area contributed by atoms with Gasteiger partial charge in [-0.15, -0.1) is 0 Å². The zero-order valence-corrected chi connectivity index (χ0v) is 16.5. The van der Waals surface area contributed by atoms with Crippen molar-refractivity contribution < 1.29 is 14.3 Å². The fourth-order valence-electron chi connectivity index (χ4n) is 2.70. The zero-order chi connectivity index (χ0) is 19.9. The van der Waals surface area contributed by atoms with Crippen molar-refractivity contribution in [2.75, 3.05) is 5.75 Å². The summed E-state index contributed by atoms with van der Waals surface area (Å²) in [5.74, 6) is -0.729. The van der Waals surface area contributed by atoms with Gasteiger partial charge in [0.1, 0.15) is 0 Å². The number of esters is 1. The smallest absolute Gasteiger partial charge is 0.317 e. The Morgan fingerprint density at radius 3 is 2.11 bits per heavy atom. The van der Waals surface area contributed by atoms with E-state index in [1.807, 2.05) is 44.2 Å². The van der Waals surface area contributed by atoms with Crippen molar-refractivity contribution in [3.05, 3.63) is 89.2 Å². The van der Waals surface area contributed by atoms with Crippen LogP contribution in [-0.4, -0.2) is 27.5 Å². The topological polar surface area (TPSA) is 69.2 Å². The molecule has 1 atom stereocenters. The summed E-state index contributed by atoms with van der Waals surface area (Å²) in [7, 11) is 0. The predicted octanol–water partition coefficient (Wildman–Crippen LogP) is 4.35. The largest absolute Gasteiger partial charge is 0.448 e. The molecule has 142 valence electrons. The molecule has 0 bridgehead atoms. The lowest BCUT2D eigenvalue weighted by Crippen LogP contribution is -2.21. The minimum absolute atomic E-state index is 0.0221. The van der Waals surface area contributed by atoms with E-state index in [-0.39, 0.29) is 11.5 Å². The number of hydrogen-bond donors (Lipinski definition) is 0. The monoisotopic (exact) mass is 392 g/mol. The number of aromatic nitrogens is 2. The highest BCUT2D eigenvalue weighted by molar-refractivity contribution is 7.99. The van der Waals surface area contributed by atoms with E-state index in [0.717, 1.165) is 11.4 Å². The van der Waals surface area contributed by atoms with Gasteiger partial charge in [-0.1, -0.05) is 72.4 Å². The highest BCUT2D eigenvalue weighted by Crippen LogP contribution is 2.24. The maximum absolute atomic E-state index is 12.9. The van der Waals surface area contributed by atoms with Gasteiger partial charge < -0.3 is 4.74 Å². The van der Waals surface area contributed by atoms with Gasteiger partial charge in [0.05, 0.1) is 5.75 Å². The molecular weight excluding hydrogens is 372 g/mol. The second kappa shape index (κ2) is 9.28. The van der Waals surface area contributed by atoms with Gasteiger partial charge in [-0.3, -0.25) is 9.59 Å². The molecular formula is C22H20N2O3S. The predicted molar refractivity (Wildman–Crippen MR) is 108 cm³/mol. The van der Waals surface area contributed by atoms with Crippen LogP contribution in [0.25, 0.3) is 0 Å². The first-order valence-electron chi connectivity index (χ1n) is 8.81. The van der Waals surface area contributed by atoms with Crippen molar-refractivity contribution in [3.8, 4) is 0 Å². The maximum atomic E-state index is 12.9. The Morgan fingerprint density at radius 1 is 0.929 bits per heavy atom. The van der Waals surface area contributed by atoms with Crippen molar-refractivity contribution in [3.63, 3.8) is 0 Å². The van der Waals surface area contributed by atoms with Gasteiger partial charge >= 0.3 is 5.97 Å². The average molecular weight is 392 g/mol. The third-order valence-electron chi connectivity index (χ3n) is 3.93. The van der Waals surface area contributed by atoms with E-state index in [0.29, 0.717) is 16.3 Å². The van der Waals surface area contributed by atoms with E-state index in [4.69, 9.17) is 4.74 Å². The van der Waals surface area contributed by atoms with Crippen LogP contribution in [0.4, 0.5) is 0 Å². The molecule has 3 aromatic rings. The third kappa shape index (κ3) is 5.27. The molecule has 0 saturated heterocycles. The first-order chi connectivity index (χ1) is 13.5. The van der Waals surface area contributed by atoms with Crippen LogP contribution < -0.4 is 0 Å². The molecule has 2 aromatic carbocycles. The van der Waals surface area contributed by atoms with Crippen LogP contribution in [0.5, 0.6) is 0 Å². The molecule has 28 heavy (non-hydrogen) atoms. The molecule has 5 nitrogen and oxygen atoms in total. The Labute approximate surface area is 168 Å². The van der Waals surface area contributed by atoms with Crippen molar-refractivity contribution in [1.82, 2.24) is 9.97 Å². The van der Waals surface area contributed by atoms with E-state index >= 15 is 0 Å². The molecule has 1 aromatic heterocycles. The Kier molecular flexibility index (Phi) is 6.55. The summed E-state index contributed by atoms with van der Waals surface area (Å²) in [6.45, 7) is 3.75. The number of thioether (sulfide) groups is 1. The van der Waals surface area contributed by atoms with E-state index in [2.05, 4.69) is 9.97 Å². The lowest BCUT2D eigenvalue weighted by Gasteiger charge is -2.17. The molecule has 0 fully saturated rings. The number of aryl methyl sites for hydroxylation is 2. The Hall–Kier alpha value is -2.99. The number of benzene rings is 2. The van der Waals surface area contributed by atoms with E-state index in [1.165, 1.54) is 11.8 Å². The molecule has 0 saturated carbocycles. The summed E-state index contributed by atoms with van der Waals surface area (Å²) < 4.78 is 5.57. The average Bonchev–Trinajstić information content (AvgIpc) is 2.70. The highest BCUT2D eigenvalue weighted by atomic mass is 32.2. The van der Waals surface area contributed by atoms with Gasteiger partial charge in [0.15, 0.2) is 11.3 Å². The third-order valence-corrected chi connectivity index (χ3v) is 4.75. The van der Waals surface area contributed by atoms with Crippen LogP contribution in [0.1, 0.15) is 33.4 Å². The molecule has 0 aliphatic carbocycles. The van der Waals surface area contributed by atoms with Crippen LogP contribution in [0.2, 0.25) is 0 Å². The summed E-state index contributed by atoms with van der Waals surface area (Å²) in [6, 6.07) is 19.7. The highest BCUT2D eigenvalue weighted by Gasteiger charge is 2.26. The molecule has 0 radical (unpaired) electrons. The van der Waals surface area contributed by atoms with E-state index in [1.54, 1.807) is 36.4 Å². The van der Waals surface area contributed by atoms with Crippen molar-refractivity contribution >= 4 is 23.5 Å². The lowest BCUT2D eigenvalue weighted by molar-refractivity contribution is -0.144. The SMILES string of the molecule is Cc1cc(C)nc(SCC(=O)O[C@H](C(=O)c2ccccc2)c2ccccc2)n1. The summed E-state index contributed by atoms with van der Waals surface area (Å²) in [4.78, 5) is 34.0. The molecule has 0 aliphatic heterocycles. The zero-order valence-electron chi connectivity index (χ0n) is 15.7. The Bertz CT molecular complexity index is 942. The van der Waals surface area contributed by atoms with Crippen LogP contribution >= 0.6 is 11.8 Å². The van der Waals surface area contributed by atoms with Crippen LogP contribution in [-0.2, 0) is 9.53 Å². The second-order valence-corrected chi connectivity index (χ2v) is 7.18. The number of ketones is 1. The summed E-state index contributed by atoms with van der Waals surface area (Å²) >= 11 is 1.19. The summed E-state index contributed by atoms with van der Waals surface area (Å²) in [6.07, 6.45) is -0.989. The van der Waals surface area contributed by atoms with Gasteiger partial charge in [0, 0.05) is 22.5 Å². The first-order valence-corrected chi connectivity index (χ1v) is 9.80. The molecule has 0 aliphatic rings. The van der Waals surface area contributed by atoms with E-state index < -0.39 is 12.1 Å². The summed E-state index contributed by atoms with van der Waals surface area (Å²) in [5.41, 5.74) is 2.81. The number of carbonyl (C=O) groups is 2. The number of nitrogens with zero attached hydrogens (tertiary/aromatic N) is 2. The number of hydrogen-bond acceptors (Lipinski definition) is 6. The minimum Gasteiger partial charge on any atom is -0.448 e. The van der Waals surface area contributed by atoms with Gasteiger partial charge in [-0.2, -0.15) is 0 Å². The first kappa shape index (κ1) is 19.8. The van der Waals surface area contributed by atoms with Gasteiger partial charge in [-0.05, 0) is 19.9 Å². The number of carbonyl (C=O) groups excluding carboxylic acids is 2. The van der Waals surface area contributed by atoms with Gasteiger partial charge in [-0.25, -0.2) is 9.97 Å². The fraction of sp³-hybridized carbons (Fsp3) is 0.182. The molecule has 3 rings (SSSR count). The lowest BCUT2D eigenvalue weighted by atomic mass is 10.00. The number of Topliss-reactive ketones (excluding diaryl/α,β-unsaturated/α-hetero) is 1. The summed E-state index contributed by atoms with van der Waals surface area (Å²) in [5, 5.41) is 0.514. The van der Waals surface area contributed by atoms with Crippen LogP contribution in [0, 0.1) is 13.8 Å². The van der Waals surface area contributed by atoms with Crippen LogP contribution in [0.3, 0.4) is 0 Å². The molecule has 0 unspecified atom stereocenters. The number of rotatable bonds is 7. The van der Waals surface area contributed by atoms with E-state index in [9.17, 15) is 9.59 Å². The van der Waals surface area contributed by atoms with Crippen molar-refractivity contribution in [2.24, 2.45) is 0 Å². The molecule has 0 spiro atoms. The van der Waals surface area contributed by atoms with Crippen LogP contribution in [0.15, 0.2) is 71.9 Å². The minimum atomic E-state index is -0.989. The quantitative estimate of drug-likeness (QED) is 0.258. The molecule has 0 amide bonds. The van der Waals surface area contributed by atoms with Gasteiger partial charge in [0.2, 0.25) is 5.78 Å². The molecule has 6 heteroatoms. The standard InChI is InChI=1S/C22H20N2O3S/c1-15-13-16(2)24-22(23-15)28-14-19(25)27-21(18-11-7-4-8-12-18)20(26)17-9-5-3-6-10-17/h3-13,21H,14H2,1-2H3/t21-/m0/s1. The van der Waals surface area contributed by atoms with Gasteiger partial charge in [0.25, 0.3) is 0 Å². The second-order valence-electron chi connectivity index (χ2n) is 6.23. The van der Waals surface area contributed by atoms with Crippen molar-refractivity contribution in [2.45, 2.75) is 25.1 Å². The maximum Gasteiger partial charge on any atom is 0.317 e. The molecule has 0 N–H and O–H groups in total. The Morgan fingerprint density at radius 2 is 1.50 bits per heavy atom. The molecule has 1 heterocycles. The normalized spacial score (nSPS) is 11.6. The fourth-order valence-corrected chi connectivity index (χ4v) is 3.43.